The Hall–Kier alpha value is -1.40. The third-order valence-electron chi connectivity index (χ3n) is 1.94. The highest BCUT2D eigenvalue weighted by Gasteiger charge is 2.15. The van der Waals surface area contributed by atoms with Crippen molar-refractivity contribution in [2.45, 2.75) is 0 Å². The van der Waals surface area contributed by atoms with Gasteiger partial charge in [-0.05, 0) is 10.8 Å². The van der Waals surface area contributed by atoms with Gasteiger partial charge in [0, 0.05) is 9.81 Å². The molecule has 3 rings (SSSR count). The summed E-state index contributed by atoms with van der Waals surface area (Å²) in [5, 5.41) is 4.07. The van der Waals surface area contributed by atoms with Crippen LogP contribution in [0, 0.1) is 0 Å². The minimum atomic E-state index is 0.839. The largest absolute Gasteiger partial charge is 0.451 e. The molecule has 3 heterocycles. The van der Waals surface area contributed by atoms with E-state index in [1.165, 1.54) is 12.8 Å². The third kappa shape index (κ3) is 1.81. The molecule has 0 spiro atoms. The highest BCUT2D eigenvalue weighted by atomic mass is 32.2. The van der Waals surface area contributed by atoms with Gasteiger partial charge < -0.3 is 8.83 Å². The Morgan fingerprint density at radius 1 is 0.875 bits per heavy atom. The van der Waals surface area contributed by atoms with E-state index in [-0.39, 0.29) is 0 Å². The summed E-state index contributed by atoms with van der Waals surface area (Å²) in [6.45, 7) is 0. The van der Waals surface area contributed by atoms with Crippen molar-refractivity contribution >= 4 is 33.3 Å². The van der Waals surface area contributed by atoms with Crippen molar-refractivity contribution in [3.05, 3.63) is 47.5 Å². The molecule has 0 atom stereocenters. The molecule has 0 bridgehead atoms. The smallest absolute Gasteiger partial charge is 0.181 e. The number of aromatic nitrogens is 2. The van der Waals surface area contributed by atoms with E-state index in [2.05, 4.69) is 9.97 Å². The second kappa shape index (κ2) is 4.23. The van der Waals surface area contributed by atoms with E-state index < -0.39 is 0 Å². The molecule has 80 valence electrons. The zero-order valence-electron chi connectivity index (χ0n) is 7.99. The SMILES string of the molecule is C1=C(c2cocn2)SC(c2cocn2)=CS1. The quantitative estimate of drug-likeness (QED) is 0.813. The van der Waals surface area contributed by atoms with Gasteiger partial charge in [-0.1, -0.05) is 11.8 Å². The van der Waals surface area contributed by atoms with Gasteiger partial charge in [0.05, 0.1) is 0 Å². The molecular formula is C10H6N2O2S2. The van der Waals surface area contributed by atoms with Crippen LogP contribution in [0.5, 0.6) is 0 Å². The summed E-state index contributed by atoms with van der Waals surface area (Å²) in [6.07, 6.45) is 6.11. The lowest BCUT2D eigenvalue weighted by atomic mass is 10.5. The van der Waals surface area contributed by atoms with Gasteiger partial charge in [-0.25, -0.2) is 9.97 Å². The van der Waals surface area contributed by atoms with Gasteiger partial charge in [0.1, 0.15) is 23.9 Å². The van der Waals surface area contributed by atoms with Gasteiger partial charge in [0.25, 0.3) is 0 Å². The molecule has 0 saturated carbocycles. The Balaban J connectivity index is 1.85. The Labute approximate surface area is 99.8 Å². The molecule has 1 aliphatic rings. The second-order valence-electron chi connectivity index (χ2n) is 2.95. The molecule has 2 aromatic heterocycles. The first-order valence-corrected chi connectivity index (χ1v) is 6.20. The number of nitrogens with zero attached hydrogens (tertiary/aromatic N) is 2. The fourth-order valence-corrected chi connectivity index (χ4v) is 3.14. The summed E-state index contributed by atoms with van der Waals surface area (Å²) in [6, 6.07) is 0. The number of hydrogen-bond acceptors (Lipinski definition) is 6. The van der Waals surface area contributed by atoms with Gasteiger partial charge in [0.2, 0.25) is 0 Å². The van der Waals surface area contributed by atoms with Crippen molar-refractivity contribution in [2.24, 2.45) is 0 Å². The van der Waals surface area contributed by atoms with Crippen LogP contribution in [0.2, 0.25) is 0 Å². The van der Waals surface area contributed by atoms with E-state index in [0.29, 0.717) is 0 Å². The lowest BCUT2D eigenvalue weighted by molar-refractivity contribution is 0.557. The van der Waals surface area contributed by atoms with Gasteiger partial charge in [-0.3, -0.25) is 0 Å². The molecule has 0 N–H and O–H groups in total. The first kappa shape index (κ1) is 9.80. The average molecular weight is 250 g/mol. The van der Waals surface area contributed by atoms with Crippen LogP contribution in [0.15, 0.2) is 45.0 Å². The molecule has 16 heavy (non-hydrogen) atoms. The fourth-order valence-electron chi connectivity index (χ4n) is 1.22. The first-order chi connectivity index (χ1) is 7.93. The van der Waals surface area contributed by atoms with Gasteiger partial charge in [-0.15, -0.1) is 11.8 Å². The maximum Gasteiger partial charge on any atom is 0.181 e. The van der Waals surface area contributed by atoms with Crippen molar-refractivity contribution in [3.63, 3.8) is 0 Å². The Morgan fingerprint density at radius 3 is 1.88 bits per heavy atom. The van der Waals surface area contributed by atoms with Crippen LogP contribution in [0.3, 0.4) is 0 Å². The molecule has 0 saturated heterocycles. The fraction of sp³-hybridized carbons (Fsp3) is 0. The normalized spacial score (nSPS) is 15.8. The van der Waals surface area contributed by atoms with Crippen LogP contribution in [0.25, 0.3) is 9.81 Å². The molecule has 0 aliphatic carbocycles. The van der Waals surface area contributed by atoms with E-state index in [9.17, 15) is 0 Å². The summed E-state index contributed by atoms with van der Waals surface area (Å²) in [7, 11) is 0. The van der Waals surface area contributed by atoms with E-state index in [1.54, 1.807) is 36.1 Å². The monoisotopic (exact) mass is 250 g/mol. The van der Waals surface area contributed by atoms with E-state index in [1.807, 2.05) is 10.8 Å². The van der Waals surface area contributed by atoms with Crippen LogP contribution in [-0.2, 0) is 0 Å². The molecule has 0 amide bonds. The average Bonchev–Trinajstić information content (AvgIpc) is 3.03. The van der Waals surface area contributed by atoms with Gasteiger partial charge in [-0.2, -0.15) is 0 Å². The molecule has 2 aromatic rings. The van der Waals surface area contributed by atoms with E-state index in [4.69, 9.17) is 8.83 Å². The lowest BCUT2D eigenvalue weighted by Crippen LogP contribution is -1.86. The molecule has 0 aromatic carbocycles. The summed E-state index contributed by atoms with van der Waals surface area (Å²) in [5.41, 5.74) is 1.68. The summed E-state index contributed by atoms with van der Waals surface area (Å²) >= 11 is 3.20. The molecule has 6 heteroatoms. The zero-order chi connectivity index (χ0) is 10.8. The Morgan fingerprint density at radius 2 is 1.44 bits per heavy atom. The molecule has 0 unspecified atom stereocenters. The topological polar surface area (TPSA) is 52.1 Å². The summed E-state index contributed by atoms with van der Waals surface area (Å²) < 4.78 is 9.93. The number of oxazole rings is 2. The highest BCUT2D eigenvalue weighted by molar-refractivity contribution is 8.20. The minimum absolute atomic E-state index is 0.839. The third-order valence-corrected chi connectivity index (χ3v) is 4.08. The van der Waals surface area contributed by atoms with Crippen LogP contribution in [0.1, 0.15) is 11.4 Å². The molecule has 0 fully saturated rings. The Kier molecular flexibility index (Phi) is 2.59. The number of thioether (sulfide) groups is 2. The van der Waals surface area contributed by atoms with E-state index >= 15 is 0 Å². The van der Waals surface area contributed by atoms with Gasteiger partial charge >= 0.3 is 0 Å². The molecular weight excluding hydrogens is 244 g/mol. The van der Waals surface area contributed by atoms with Crippen LogP contribution < -0.4 is 0 Å². The minimum Gasteiger partial charge on any atom is -0.451 e. The standard InChI is InChI=1S/C10H6N2O2S2/c1-7(11-5-13-1)9-3-15-4-10(16-9)8-2-14-6-12-8/h1-6H. The van der Waals surface area contributed by atoms with Crippen molar-refractivity contribution in [2.75, 3.05) is 0 Å². The summed E-state index contributed by atoms with van der Waals surface area (Å²) in [4.78, 5) is 10.3. The lowest BCUT2D eigenvalue weighted by Gasteiger charge is -2.09. The van der Waals surface area contributed by atoms with Crippen molar-refractivity contribution in [3.8, 4) is 0 Å². The zero-order valence-corrected chi connectivity index (χ0v) is 9.62. The maximum absolute atomic E-state index is 4.97. The van der Waals surface area contributed by atoms with Crippen LogP contribution in [-0.4, -0.2) is 9.97 Å². The molecule has 1 aliphatic heterocycles. The van der Waals surface area contributed by atoms with Crippen LogP contribution in [0.4, 0.5) is 0 Å². The number of hydrogen-bond donors (Lipinski definition) is 0. The van der Waals surface area contributed by atoms with Gasteiger partial charge in [0.15, 0.2) is 12.8 Å². The van der Waals surface area contributed by atoms with Crippen LogP contribution >= 0.6 is 23.5 Å². The Bertz CT molecular complexity index is 481. The van der Waals surface area contributed by atoms with E-state index in [0.717, 1.165) is 21.2 Å². The maximum atomic E-state index is 4.97. The van der Waals surface area contributed by atoms with Crippen molar-refractivity contribution in [1.29, 1.82) is 0 Å². The highest BCUT2D eigenvalue weighted by Crippen LogP contribution is 2.44. The molecule has 0 radical (unpaired) electrons. The first-order valence-electron chi connectivity index (χ1n) is 4.44. The van der Waals surface area contributed by atoms with Crippen molar-refractivity contribution in [1.82, 2.24) is 9.97 Å². The summed E-state index contributed by atoms with van der Waals surface area (Å²) in [5.74, 6) is 0. The number of rotatable bonds is 2. The second-order valence-corrected chi connectivity index (χ2v) is 4.78. The van der Waals surface area contributed by atoms with Crippen molar-refractivity contribution < 1.29 is 8.83 Å². The predicted molar refractivity (Wildman–Crippen MR) is 64.1 cm³/mol. The predicted octanol–water partition coefficient (Wildman–Crippen LogP) is 3.44. The molecule has 4 nitrogen and oxygen atoms in total.